The minimum absolute atomic E-state index is 0.0176. The minimum atomic E-state index is -4.63. The summed E-state index contributed by atoms with van der Waals surface area (Å²) < 4.78 is 52.7. The lowest BCUT2D eigenvalue weighted by Crippen LogP contribution is -2.41. The number of rotatable bonds is 5. The van der Waals surface area contributed by atoms with Gasteiger partial charge in [0.2, 0.25) is 0 Å². The quantitative estimate of drug-likeness (QED) is 0.770. The largest absolute Gasteiger partial charge is 0.461 e. The van der Waals surface area contributed by atoms with E-state index in [1.807, 2.05) is 0 Å². The molecule has 0 amide bonds. The molecule has 132 valence electrons. The van der Waals surface area contributed by atoms with Gasteiger partial charge in [-0.3, -0.25) is 4.68 Å². The van der Waals surface area contributed by atoms with Crippen molar-refractivity contribution < 1.29 is 27.4 Å². The van der Waals surface area contributed by atoms with Gasteiger partial charge in [-0.15, -0.1) is 0 Å². The molecule has 2 aliphatic heterocycles. The molecular weight excluding hydrogens is 325 g/mol. The molecule has 0 aromatic carbocycles. The second-order valence-corrected chi connectivity index (χ2v) is 7.03. The lowest BCUT2D eigenvalue weighted by molar-refractivity contribution is -0.138. The molecule has 5 nitrogen and oxygen atoms in total. The first-order chi connectivity index (χ1) is 11.3. The van der Waals surface area contributed by atoms with Gasteiger partial charge < -0.3 is 9.47 Å². The van der Waals surface area contributed by atoms with Crippen LogP contribution in [0, 0.1) is 5.92 Å². The number of esters is 1. The van der Waals surface area contributed by atoms with E-state index >= 15 is 0 Å². The van der Waals surface area contributed by atoms with Crippen LogP contribution in [0.2, 0.25) is 0 Å². The number of aromatic nitrogens is 2. The van der Waals surface area contributed by atoms with Crippen LogP contribution in [0.15, 0.2) is 0 Å². The molecule has 1 aromatic heterocycles. The highest BCUT2D eigenvalue weighted by Crippen LogP contribution is 2.51. The Morgan fingerprint density at radius 2 is 2.12 bits per heavy atom. The molecule has 2 bridgehead atoms. The second kappa shape index (κ2) is 5.21. The molecular formula is C16H19F3N2O3. The van der Waals surface area contributed by atoms with E-state index in [2.05, 4.69) is 5.10 Å². The Hall–Kier alpha value is -1.57. The van der Waals surface area contributed by atoms with Gasteiger partial charge in [0.15, 0.2) is 5.69 Å². The van der Waals surface area contributed by atoms with Crippen molar-refractivity contribution in [2.45, 2.75) is 56.8 Å². The number of alkyl halides is 3. The van der Waals surface area contributed by atoms with E-state index in [1.54, 1.807) is 6.92 Å². The van der Waals surface area contributed by atoms with Crippen molar-refractivity contribution in [3.63, 3.8) is 0 Å². The predicted octanol–water partition coefficient (Wildman–Crippen LogP) is 3.14. The molecule has 2 saturated carbocycles. The number of fused-ring (bicyclic) bond motifs is 1. The van der Waals surface area contributed by atoms with Crippen LogP contribution in [-0.2, 0) is 22.2 Å². The van der Waals surface area contributed by atoms with E-state index in [1.165, 1.54) is 4.68 Å². The highest BCUT2D eigenvalue weighted by Gasteiger charge is 2.54. The number of nitrogens with zero attached hydrogens (tertiary/aromatic N) is 2. The molecule has 4 fully saturated rings. The summed E-state index contributed by atoms with van der Waals surface area (Å²) in [6.07, 6.45) is -1.66. The standard InChI is InChI=1S/C16H19F3N2O3/c1-2-23-14(22)13-11(16(17,18)19)12(10-3-4-10)20-21(13)8-15-5-9(6-15)7-24-15/h9-10H,2-8H2,1H3. The van der Waals surface area contributed by atoms with Gasteiger partial charge in [0, 0.05) is 5.92 Å². The van der Waals surface area contributed by atoms with Gasteiger partial charge in [-0.2, -0.15) is 18.3 Å². The van der Waals surface area contributed by atoms with Crippen molar-refractivity contribution in [1.82, 2.24) is 9.78 Å². The topological polar surface area (TPSA) is 53.3 Å². The van der Waals surface area contributed by atoms with Crippen molar-refractivity contribution in [3.8, 4) is 0 Å². The van der Waals surface area contributed by atoms with Crippen LogP contribution in [-0.4, -0.2) is 34.6 Å². The van der Waals surface area contributed by atoms with Gasteiger partial charge in [-0.05, 0) is 38.5 Å². The molecule has 24 heavy (non-hydrogen) atoms. The van der Waals surface area contributed by atoms with E-state index in [9.17, 15) is 18.0 Å². The Kier molecular flexibility index (Phi) is 3.46. The summed E-state index contributed by atoms with van der Waals surface area (Å²) in [6.45, 7) is 2.40. The van der Waals surface area contributed by atoms with E-state index in [4.69, 9.17) is 9.47 Å². The van der Waals surface area contributed by atoms with Crippen LogP contribution in [0.4, 0.5) is 13.2 Å². The summed E-state index contributed by atoms with van der Waals surface area (Å²) >= 11 is 0. The maximum atomic E-state index is 13.6. The van der Waals surface area contributed by atoms with Gasteiger partial charge in [-0.25, -0.2) is 4.79 Å². The first-order valence-corrected chi connectivity index (χ1v) is 8.32. The molecule has 0 radical (unpaired) electrons. The third kappa shape index (κ3) is 2.51. The molecule has 4 aliphatic rings. The number of hydrogen-bond acceptors (Lipinski definition) is 4. The van der Waals surface area contributed by atoms with E-state index in [0.29, 0.717) is 25.4 Å². The fourth-order valence-corrected chi connectivity index (χ4v) is 3.89. The summed E-state index contributed by atoms with van der Waals surface area (Å²) in [6, 6.07) is 0. The molecule has 0 spiro atoms. The highest BCUT2D eigenvalue weighted by molar-refractivity contribution is 5.90. The molecule has 0 unspecified atom stereocenters. The van der Waals surface area contributed by atoms with Gasteiger partial charge in [0.05, 0.1) is 31.1 Å². The maximum absolute atomic E-state index is 13.6. The average molecular weight is 344 g/mol. The lowest BCUT2D eigenvalue weighted by atomic mass is 9.74. The Balaban J connectivity index is 1.77. The molecule has 0 atom stereocenters. The first-order valence-electron chi connectivity index (χ1n) is 8.32. The SMILES string of the molecule is CCOC(=O)c1c(C(F)(F)F)c(C2CC2)nn1CC12CC(CO1)C2. The lowest BCUT2D eigenvalue weighted by Gasteiger charge is -2.35. The second-order valence-electron chi connectivity index (χ2n) is 7.03. The zero-order valence-electron chi connectivity index (χ0n) is 13.4. The summed E-state index contributed by atoms with van der Waals surface area (Å²) in [5.74, 6) is -0.696. The average Bonchev–Trinajstić information content (AvgIpc) is 2.95. The van der Waals surface area contributed by atoms with Crippen LogP contribution >= 0.6 is 0 Å². The number of halogens is 3. The van der Waals surface area contributed by atoms with E-state index < -0.39 is 29.0 Å². The molecule has 2 saturated heterocycles. The van der Waals surface area contributed by atoms with Crippen LogP contribution in [0.5, 0.6) is 0 Å². The molecule has 8 heteroatoms. The number of carbonyl (C=O) groups excluding carboxylic acids is 1. The number of hydrogen-bond donors (Lipinski definition) is 0. The Morgan fingerprint density at radius 3 is 2.62 bits per heavy atom. The first kappa shape index (κ1) is 15.9. The fourth-order valence-electron chi connectivity index (χ4n) is 3.89. The van der Waals surface area contributed by atoms with Crippen LogP contribution in [0.25, 0.3) is 0 Å². The fraction of sp³-hybridized carbons (Fsp3) is 0.750. The van der Waals surface area contributed by atoms with Gasteiger partial charge in [-0.1, -0.05) is 0 Å². The van der Waals surface area contributed by atoms with Crippen molar-refractivity contribution >= 4 is 5.97 Å². The summed E-state index contributed by atoms with van der Waals surface area (Å²) in [5.41, 5.74) is -1.88. The molecule has 2 aliphatic carbocycles. The van der Waals surface area contributed by atoms with Gasteiger partial charge in [0.1, 0.15) is 5.56 Å². The maximum Gasteiger partial charge on any atom is 0.420 e. The normalized spacial score (nSPS) is 28.8. The summed E-state index contributed by atoms with van der Waals surface area (Å²) in [7, 11) is 0. The highest BCUT2D eigenvalue weighted by atomic mass is 19.4. The predicted molar refractivity (Wildman–Crippen MR) is 76.6 cm³/mol. The third-order valence-electron chi connectivity index (χ3n) is 5.08. The molecule has 5 rings (SSSR count). The van der Waals surface area contributed by atoms with E-state index in [0.717, 1.165) is 12.8 Å². The molecule has 1 aromatic rings. The Bertz CT molecular complexity index is 667. The number of carbonyl (C=O) groups is 1. The summed E-state index contributed by atoms with van der Waals surface area (Å²) in [5, 5.41) is 4.19. The Labute approximate surface area is 137 Å². The minimum Gasteiger partial charge on any atom is -0.461 e. The Morgan fingerprint density at radius 1 is 1.42 bits per heavy atom. The van der Waals surface area contributed by atoms with Crippen LogP contribution in [0.3, 0.4) is 0 Å². The monoisotopic (exact) mass is 344 g/mol. The van der Waals surface area contributed by atoms with Crippen LogP contribution in [0.1, 0.15) is 60.3 Å². The van der Waals surface area contributed by atoms with Crippen molar-refractivity contribution in [1.29, 1.82) is 0 Å². The number of ether oxygens (including phenoxy) is 2. The van der Waals surface area contributed by atoms with Crippen molar-refractivity contribution in [2.75, 3.05) is 13.2 Å². The molecule has 3 heterocycles. The zero-order chi connectivity index (χ0) is 17.1. The van der Waals surface area contributed by atoms with Crippen LogP contribution < -0.4 is 0 Å². The van der Waals surface area contributed by atoms with Gasteiger partial charge >= 0.3 is 12.1 Å². The smallest absolute Gasteiger partial charge is 0.420 e. The third-order valence-corrected chi connectivity index (χ3v) is 5.08. The van der Waals surface area contributed by atoms with Crippen molar-refractivity contribution in [2.24, 2.45) is 5.92 Å². The molecule has 0 N–H and O–H groups in total. The summed E-state index contributed by atoms with van der Waals surface area (Å²) in [4.78, 5) is 12.3. The zero-order valence-corrected chi connectivity index (χ0v) is 13.4. The van der Waals surface area contributed by atoms with Crippen molar-refractivity contribution in [3.05, 3.63) is 17.0 Å². The van der Waals surface area contributed by atoms with Gasteiger partial charge in [0.25, 0.3) is 0 Å². The van der Waals surface area contributed by atoms with E-state index in [-0.39, 0.29) is 24.8 Å².